The molecular formula is C29H23N5O2. The van der Waals surface area contributed by atoms with Gasteiger partial charge in [0.25, 0.3) is 0 Å². The van der Waals surface area contributed by atoms with E-state index in [0.717, 1.165) is 33.4 Å². The summed E-state index contributed by atoms with van der Waals surface area (Å²) in [5.74, 6) is 0.199. The summed E-state index contributed by atoms with van der Waals surface area (Å²) in [4.78, 5) is 31.8. The molecule has 7 heteroatoms. The van der Waals surface area contributed by atoms with E-state index in [4.69, 9.17) is 5.73 Å². The molecule has 0 saturated heterocycles. The third-order valence-electron chi connectivity index (χ3n) is 6.47. The number of para-hydroxylation sites is 1. The maximum atomic E-state index is 13.2. The fourth-order valence-corrected chi connectivity index (χ4v) is 4.71. The molecule has 1 aliphatic heterocycles. The Morgan fingerprint density at radius 2 is 1.67 bits per heavy atom. The molecule has 0 atom stereocenters. The van der Waals surface area contributed by atoms with Crippen molar-refractivity contribution >= 4 is 45.3 Å². The van der Waals surface area contributed by atoms with Crippen molar-refractivity contribution in [3.8, 4) is 11.4 Å². The van der Waals surface area contributed by atoms with Crippen LogP contribution in [-0.2, 0) is 16.1 Å². The number of fused-ring (bicyclic) bond motifs is 3. The molecule has 0 aliphatic carbocycles. The van der Waals surface area contributed by atoms with Gasteiger partial charge in [0.1, 0.15) is 12.2 Å². The van der Waals surface area contributed by atoms with Crippen LogP contribution in [0, 0.1) is 0 Å². The molecule has 3 N–H and O–H groups in total. The normalized spacial score (nSPS) is 13.4. The van der Waals surface area contributed by atoms with Crippen molar-refractivity contribution in [1.82, 2.24) is 9.55 Å². The Hall–Kier alpha value is -4.91. The van der Waals surface area contributed by atoms with Crippen LogP contribution in [0.3, 0.4) is 0 Å². The molecule has 1 aromatic heterocycles. The number of nitrogen functional groups attached to an aromatic ring is 1. The number of hydrogen-bond donors (Lipinski definition) is 2. The lowest BCUT2D eigenvalue weighted by molar-refractivity contribution is -0.124. The SMILES string of the molecule is Nc1ccccc1Cn1ccnc1-c1ccc(N2C(=O)CC(=O)Nc3c2ccc2ccccc32)cc1. The van der Waals surface area contributed by atoms with Gasteiger partial charge in [-0.3, -0.25) is 14.5 Å². The van der Waals surface area contributed by atoms with Gasteiger partial charge in [0.05, 0.1) is 17.9 Å². The summed E-state index contributed by atoms with van der Waals surface area (Å²) in [7, 11) is 0. The van der Waals surface area contributed by atoms with Gasteiger partial charge >= 0.3 is 0 Å². The number of rotatable bonds is 4. The molecule has 6 rings (SSSR count). The second-order valence-corrected chi connectivity index (χ2v) is 8.76. The Labute approximate surface area is 207 Å². The number of hydrogen-bond acceptors (Lipinski definition) is 4. The first kappa shape index (κ1) is 21.6. The minimum Gasteiger partial charge on any atom is -0.398 e. The zero-order valence-corrected chi connectivity index (χ0v) is 19.4. The number of imidazole rings is 1. The molecular weight excluding hydrogens is 450 g/mol. The van der Waals surface area contributed by atoms with Gasteiger partial charge in [-0.15, -0.1) is 0 Å². The van der Waals surface area contributed by atoms with Gasteiger partial charge < -0.3 is 15.6 Å². The van der Waals surface area contributed by atoms with Crippen molar-refractivity contribution in [3.05, 3.63) is 103 Å². The largest absolute Gasteiger partial charge is 0.398 e. The molecule has 36 heavy (non-hydrogen) atoms. The van der Waals surface area contributed by atoms with Crippen LogP contribution in [0.4, 0.5) is 22.7 Å². The molecule has 2 amide bonds. The lowest BCUT2D eigenvalue weighted by Gasteiger charge is -2.23. The average molecular weight is 474 g/mol. The van der Waals surface area contributed by atoms with E-state index < -0.39 is 0 Å². The van der Waals surface area contributed by atoms with E-state index in [1.807, 2.05) is 95.7 Å². The van der Waals surface area contributed by atoms with E-state index in [-0.39, 0.29) is 18.2 Å². The lowest BCUT2D eigenvalue weighted by Crippen LogP contribution is -2.26. The van der Waals surface area contributed by atoms with Crippen LogP contribution in [0.15, 0.2) is 97.3 Å². The van der Waals surface area contributed by atoms with Crippen LogP contribution >= 0.6 is 0 Å². The average Bonchev–Trinajstić information content (AvgIpc) is 3.30. The smallest absolute Gasteiger partial charge is 0.241 e. The summed E-state index contributed by atoms with van der Waals surface area (Å²) < 4.78 is 2.04. The summed E-state index contributed by atoms with van der Waals surface area (Å²) in [5.41, 5.74) is 10.8. The Bertz CT molecular complexity index is 1620. The van der Waals surface area contributed by atoms with Crippen molar-refractivity contribution < 1.29 is 9.59 Å². The highest BCUT2D eigenvalue weighted by atomic mass is 16.2. The molecule has 176 valence electrons. The third kappa shape index (κ3) is 3.76. The van der Waals surface area contributed by atoms with Crippen molar-refractivity contribution in [2.75, 3.05) is 16.0 Å². The van der Waals surface area contributed by atoms with E-state index in [1.165, 1.54) is 0 Å². The Morgan fingerprint density at radius 3 is 2.50 bits per heavy atom. The Balaban J connectivity index is 1.38. The van der Waals surface area contributed by atoms with Gasteiger partial charge in [0.15, 0.2) is 0 Å². The Kier molecular flexibility index (Phi) is 5.22. The number of anilines is 4. The number of aromatic nitrogens is 2. The fraction of sp³-hybridized carbons (Fsp3) is 0.0690. The van der Waals surface area contributed by atoms with Crippen LogP contribution in [0.2, 0.25) is 0 Å². The third-order valence-corrected chi connectivity index (χ3v) is 6.47. The molecule has 1 aliphatic rings. The molecule has 0 unspecified atom stereocenters. The zero-order chi connectivity index (χ0) is 24.6. The maximum absolute atomic E-state index is 13.2. The first-order chi connectivity index (χ1) is 17.6. The maximum Gasteiger partial charge on any atom is 0.241 e. The quantitative estimate of drug-likeness (QED) is 0.272. The highest BCUT2D eigenvalue weighted by Gasteiger charge is 2.28. The summed E-state index contributed by atoms with van der Waals surface area (Å²) in [5, 5.41) is 4.82. The second-order valence-electron chi connectivity index (χ2n) is 8.76. The highest BCUT2D eigenvalue weighted by molar-refractivity contribution is 6.21. The van der Waals surface area contributed by atoms with E-state index in [2.05, 4.69) is 10.3 Å². The van der Waals surface area contributed by atoms with Crippen molar-refractivity contribution in [2.24, 2.45) is 0 Å². The molecule has 0 spiro atoms. The van der Waals surface area contributed by atoms with Crippen LogP contribution in [0.1, 0.15) is 12.0 Å². The zero-order valence-electron chi connectivity index (χ0n) is 19.4. The molecule has 0 radical (unpaired) electrons. The van der Waals surface area contributed by atoms with Crippen LogP contribution < -0.4 is 16.0 Å². The molecule has 0 saturated carbocycles. The number of carbonyl (C=O) groups excluding carboxylic acids is 2. The predicted molar refractivity (Wildman–Crippen MR) is 142 cm³/mol. The van der Waals surface area contributed by atoms with E-state index in [1.54, 1.807) is 11.1 Å². The fourth-order valence-electron chi connectivity index (χ4n) is 4.71. The number of nitrogens with zero attached hydrogens (tertiary/aromatic N) is 3. The topological polar surface area (TPSA) is 93.2 Å². The number of carbonyl (C=O) groups is 2. The molecule has 5 aromatic rings. The van der Waals surface area contributed by atoms with E-state index in [9.17, 15) is 9.59 Å². The van der Waals surface area contributed by atoms with Crippen LogP contribution in [0.25, 0.3) is 22.2 Å². The van der Waals surface area contributed by atoms with Crippen LogP contribution in [0.5, 0.6) is 0 Å². The standard InChI is InChI=1S/C29H23N5O2/c30-24-8-4-2-6-21(24)18-33-16-15-31-29(33)20-9-12-22(13-10-20)34-25-14-11-19-5-1-3-7-23(19)28(25)32-26(35)17-27(34)36/h1-16H,17-18,30H2,(H,32,35). The predicted octanol–water partition coefficient (Wildman–Crippen LogP) is 5.34. The number of nitrogens with two attached hydrogens (primary N) is 1. The summed E-state index contributed by atoms with van der Waals surface area (Å²) >= 11 is 0. The van der Waals surface area contributed by atoms with Crippen molar-refractivity contribution in [2.45, 2.75) is 13.0 Å². The van der Waals surface area contributed by atoms with Crippen molar-refractivity contribution in [3.63, 3.8) is 0 Å². The van der Waals surface area contributed by atoms with E-state index >= 15 is 0 Å². The van der Waals surface area contributed by atoms with Gasteiger partial charge in [-0.25, -0.2) is 4.98 Å². The first-order valence-corrected chi connectivity index (χ1v) is 11.7. The summed E-state index contributed by atoms with van der Waals surface area (Å²) in [6, 6.07) is 27.1. The van der Waals surface area contributed by atoms with Gasteiger partial charge in [0.2, 0.25) is 11.8 Å². The first-order valence-electron chi connectivity index (χ1n) is 11.7. The molecule has 7 nitrogen and oxygen atoms in total. The Morgan fingerprint density at radius 1 is 0.889 bits per heavy atom. The van der Waals surface area contributed by atoms with Gasteiger partial charge in [-0.05, 0) is 47.3 Å². The number of nitrogens with one attached hydrogen (secondary N) is 1. The summed E-state index contributed by atoms with van der Waals surface area (Å²) in [6.45, 7) is 0.600. The van der Waals surface area contributed by atoms with Gasteiger partial charge in [0, 0.05) is 34.7 Å². The second kappa shape index (κ2) is 8.70. The molecule has 4 aromatic carbocycles. The minimum absolute atomic E-state index is 0.229. The molecule has 2 heterocycles. The van der Waals surface area contributed by atoms with E-state index in [0.29, 0.717) is 23.6 Å². The molecule has 0 bridgehead atoms. The van der Waals surface area contributed by atoms with Crippen LogP contribution in [-0.4, -0.2) is 21.4 Å². The molecule has 0 fully saturated rings. The number of benzene rings is 4. The monoisotopic (exact) mass is 473 g/mol. The van der Waals surface area contributed by atoms with Crippen molar-refractivity contribution in [1.29, 1.82) is 0 Å². The van der Waals surface area contributed by atoms with Gasteiger partial charge in [-0.2, -0.15) is 0 Å². The number of amides is 2. The highest BCUT2D eigenvalue weighted by Crippen LogP contribution is 2.40. The lowest BCUT2D eigenvalue weighted by atomic mass is 10.1. The summed E-state index contributed by atoms with van der Waals surface area (Å²) in [6.07, 6.45) is 3.46. The van der Waals surface area contributed by atoms with Gasteiger partial charge in [-0.1, -0.05) is 48.5 Å². The minimum atomic E-state index is -0.320.